The summed E-state index contributed by atoms with van der Waals surface area (Å²) in [6.45, 7) is 4.36. The zero-order valence-corrected chi connectivity index (χ0v) is 13.9. The maximum Gasteiger partial charge on any atom is 0.251 e. The largest absolute Gasteiger partial charge is 0.361 e. The van der Waals surface area contributed by atoms with Gasteiger partial charge in [0.1, 0.15) is 5.76 Å². The van der Waals surface area contributed by atoms with Crippen LogP contribution in [-0.2, 0) is 6.42 Å². The molecule has 4 nitrogen and oxygen atoms in total. The van der Waals surface area contributed by atoms with Crippen LogP contribution in [-0.4, -0.2) is 17.6 Å². The SMILES string of the molecule is Cc1noc(C)c1CCNC(=O)c1cccc(-c2ccccc2)c1. The molecule has 24 heavy (non-hydrogen) atoms. The minimum atomic E-state index is -0.0699. The van der Waals surface area contributed by atoms with Gasteiger partial charge in [-0.05, 0) is 43.5 Å². The Bertz CT molecular complexity index is 818. The van der Waals surface area contributed by atoms with Crippen LogP contribution in [0, 0.1) is 13.8 Å². The van der Waals surface area contributed by atoms with Crippen molar-refractivity contribution in [2.75, 3.05) is 6.54 Å². The molecule has 0 spiro atoms. The van der Waals surface area contributed by atoms with Gasteiger partial charge in [-0.3, -0.25) is 4.79 Å². The van der Waals surface area contributed by atoms with Crippen LogP contribution in [0.1, 0.15) is 27.4 Å². The molecule has 1 heterocycles. The molecule has 0 aliphatic heterocycles. The summed E-state index contributed by atoms with van der Waals surface area (Å²) < 4.78 is 5.14. The van der Waals surface area contributed by atoms with Gasteiger partial charge in [-0.2, -0.15) is 0 Å². The van der Waals surface area contributed by atoms with Crippen LogP contribution in [0.4, 0.5) is 0 Å². The van der Waals surface area contributed by atoms with E-state index in [1.165, 1.54) is 0 Å². The predicted octanol–water partition coefficient (Wildman–Crippen LogP) is 3.93. The minimum absolute atomic E-state index is 0.0699. The second-order valence-electron chi connectivity index (χ2n) is 5.76. The fraction of sp³-hybridized carbons (Fsp3) is 0.200. The highest BCUT2D eigenvalue weighted by Gasteiger charge is 2.10. The highest BCUT2D eigenvalue weighted by Crippen LogP contribution is 2.20. The van der Waals surface area contributed by atoms with Gasteiger partial charge in [-0.1, -0.05) is 47.6 Å². The molecule has 1 amide bonds. The molecule has 122 valence electrons. The summed E-state index contributed by atoms with van der Waals surface area (Å²) in [5.74, 6) is 0.743. The van der Waals surface area contributed by atoms with Crippen molar-refractivity contribution in [1.29, 1.82) is 0 Å². The lowest BCUT2D eigenvalue weighted by molar-refractivity contribution is 0.0954. The monoisotopic (exact) mass is 320 g/mol. The van der Waals surface area contributed by atoms with Gasteiger partial charge in [0.05, 0.1) is 5.69 Å². The molecule has 0 atom stereocenters. The van der Waals surface area contributed by atoms with Crippen LogP contribution in [0.2, 0.25) is 0 Å². The van der Waals surface area contributed by atoms with E-state index in [1.807, 2.05) is 68.4 Å². The first-order valence-corrected chi connectivity index (χ1v) is 8.00. The van der Waals surface area contributed by atoms with Crippen LogP contribution in [0.3, 0.4) is 0 Å². The average molecular weight is 320 g/mol. The maximum absolute atomic E-state index is 12.4. The molecule has 0 radical (unpaired) electrons. The highest BCUT2D eigenvalue weighted by atomic mass is 16.5. The van der Waals surface area contributed by atoms with E-state index in [4.69, 9.17) is 4.52 Å². The number of benzene rings is 2. The summed E-state index contributed by atoms with van der Waals surface area (Å²) in [4.78, 5) is 12.4. The first-order valence-electron chi connectivity index (χ1n) is 8.00. The molecule has 0 saturated carbocycles. The van der Waals surface area contributed by atoms with Crippen LogP contribution >= 0.6 is 0 Å². The lowest BCUT2D eigenvalue weighted by Gasteiger charge is -2.07. The molecular weight excluding hydrogens is 300 g/mol. The van der Waals surface area contributed by atoms with Gasteiger partial charge in [0.2, 0.25) is 0 Å². The number of hydrogen-bond donors (Lipinski definition) is 1. The number of amides is 1. The number of rotatable bonds is 5. The van der Waals surface area contributed by atoms with Crippen molar-refractivity contribution in [3.8, 4) is 11.1 Å². The normalized spacial score (nSPS) is 10.6. The Balaban J connectivity index is 1.65. The lowest BCUT2D eigenvalue weighted by Crippen LogP contribution is -2.25. The molecule has 0 bridgehead atoms. The van der Waals surface area contributed by atoms with E-state index in [2.05, 4.69) is 10.5 Å². The zero-order chi connectivity index (χ0) is 16.9. The predicted molar refractivity (Wildman–Crippen MR) is 93.9 cm³/mol. The van der Waals surface area contributed by atoms with Crippen molar-refractivity contribution in [3.05, 3.63) is 77.2 Å². The Morgan fingerprint density at radius 3 is 2.50 bits per heavy atom. The highest BCUT2D eigenvalue weighted by molar-refractivity contribution is 5.95. The summed E-state index contributed by atoms with van der Waals surface area (Å²) in [5, 5.41) is 6.89. The third-order valence-corrected chi connectivity index (χ3v) is 4.07. The van der Waals surface area contributed by atoms with Crippen molar-refractivity contribution in [2.45, 2.75) is 20.3 Å². The number of aryl methyl sites for hydroxylation is 2. The molecular formula is C20H20N2O2. The zero-order valence-electron chi connectivity index (χ0n) is 13.9. The third-order valence-electron chi connectivity index (χ3n) is 4.07. The fourth-order valence-electron chi connectivity index (χ4n) is 2.73. The van der Waals surface area contributed by atoms with Crippen molar-refractivity contribution < 1.29 is 9.32 Å². The molecule has 3 rings (SSSR count). The standard InChI is InChI=1S/C20H20N2O2/c1-14-19(15(2)24-22-14)11-12-21-20(23)18-10-6-9-17(13-18)16-7-4-3-5-8-16/h3-10,13H,11-12H2,1-2H3,(H,21,23). The quantitative estimate of drug-likeness (QED) is 0.775. The van der Waals surface area contributed by atoms with Crippen molar-refractivity contribution in [2.24, 2.45) is 0 Å². The Labute approximate surface area is 141 Å². The number of carbonyl (C=O) groups is 1. The second kappa shape index (κ2) is 7.13. The summed E-state index contributed by atoms with van der Waals surface area (Å²) in [6, 6.07) is 17.7. The van der Waals surface area contributed by atoms with Gasteiger partial charge in [0, 0.05) is 17.7 Å². The Hall–Kier alpha value is -2.88. The van der Waals surface area contributed by atoms with Gasteiger partial charge in [-0.25, -0.2) is 0 Å². The molecule has 0 aliphatic carbocycles. The fourth-order valence-corrected chi connectivity index (χ4v) is 2.73. The van der Waals surface area contributed by atoms with Crippen LogP contribution < -0.4 is 5.32 Å². The maximum atomic E-state index is 12.4. The number of nitrogens with one attached hydrogen (secondary N) is 1. The number of hydrogen-bond acceptors (Lipinski definition) is 3. The van der Waals surface area contributed by atoms with Crippen LogP contribution in [0.25, 0.3) is 11.1 Å². The molecule has 4 heteroatoms. The summed E-state index contributed by atoms with van der Waals surface area (Å²) in [6.07, 6.45) is 0.714. The molecule has 0 saturated heterocycles. The van der Waals surface area contributed by atoms with Crippen LogP contribution in [0.5, 0.6) is 0 Å². The molecule has 0 fully saturated rings. The van der Waals surface area contributed by atoms with E-state index in [-0.39, 0.29) is 5.91 Å². The topological polar surface area (TPSA) is 55.1 Å². The first-order chi connectivity index (χ1) is 11.6. The Kier molecular flexibility index (Phi) is 4.75. The Morgan fingerprint density at radius 2 is 1.79 bits per heavy atom. The molecule has 3 aromatic rings. The van der Waals surface area contributed by atoms with Gasteiger partial charge >= 0.3 is 0 Å². The Morgan fingerprint density at radius 1 is 1.04 bits per heavy atom. The smallest absolute Gasteiger partial charge is 0.251 e. The van der Waals surface area contributed by atoms with E-state index >= 15 is 0 Å². The van der Waals surface area contributed by atoms with Crippen LogP contribution in [0.15, 0.2) is 59.1 Å². The molecule has 2 aromatic carbocycles. The van der Waals surface area contributed by atoms with E-state index in [0.717, 1.165) is 28.1 Å². The van der Waals surface area contributed by atoms with E-state index in [9.17, 15) is 4.79 Å². The summed E-state index contributed by atoms with van der Waals surface area (Å²) in [5.41, 5.74) is 4.74. The van der Waals surface area contributed by atoms with Crippen molar-refractivity contribution in [3.63, 3.8) is 0 Å². The lowest BCUT2D eigenvalue weighted by atomic mass is 10.0. The first kappa shape index (κ1) is 16.0. The van der Waals surface area contributed by atoms with E-state index in [0.29, 0.717) is 18.5 Å². The third kappa shape index (κ3) is 3.54. The molecule has 1 N–H and O–H groups in total. The average Bonchev–Trinajstić information content (AvgIpc) is 2.94. The number of carbonyl (C=O) groups excluding carboxylic acids is 1. The number of aromatic nitrogens is 1. The molecule has 0 unspecified atom stereocenters. The summed E-state index contributed by atoms with van der Waals surface area (Å²) >= 11 is 0. The molecule has 0 aliphatic rings. The second-order valence-corrected chi connectivity index (χ2v) is 5.76. The van der Waals surface area contributed by atoms with E-state index < -0.39 is 0 Å². The van der Waals surface area contributed by atoms with Gasteiger partial charge in [0.25, 0.3) is 5.91 Å². The van der Waals surface area contributed by atoms with Gasteiger partial charge in [0.15, 0.2) is 0 Å². The van der Waals surface area contributed by atoms with E-state index in [1.54, 1.807) is 0 Å². The molecule has 1 aromatic heterocycles. The van der Waals surface area contributed by atoms with Gasteiger partial charge in [-0.15, -0.1) is 0 Å². The summed E-state index contributed by atoms with van der Waals surface area (Å²) in [7, 11) is 0. The van der Waals surface area contributed by atoms with Crippen molar-refractivity contribution >= 4 is 5.91 Å². The van der Waals surface area contributed by atoms with Gasteiger partial charge < -0.3 is 9.84 Å². The van der Waals surface area contributed by atoms with Crippen molar-refractivity contribution in [1.82, 2.24) is 10.5 Å². The number of nitrogens with zero attached hydrogens (tertiary/aromatic N) is 1. The minimum Gasteiger partial charge on any atom is -0.361 e.